The van der Waals surface area contributed by atoms with Gasteiger partial charge in [0.25, 0.3) is 5.91 Å². The number of aryl methyl sites for hydroxylation is 1. The number of hydrogen-bond donors (Lipinski definition) is 0. The molecule has 1 fully saturated rings. The lowest BCUT2D eigenvalue weighted by Crippen LogP contribution is -2.50. The molecule has 0 spiro atoms. The Kier molecular flexibility index (Phi) is 5.00. The van der Waals surface area contributed by atoms with Crippen molar-refractivity contribution in [1.29, 1.82) is 0 Å². The topological polar surface area (TPSA) is 57.7 Å². The predicted octanol–water partition coefficient (Wildman–Crippen LogP) is 1.36. The van der Waals surface area contributed by atoms with Crippen LogP contribution in [-0.4, -0.2) is 55.5 Å². The van der Waals surface area contributed by atoms with Crippen LogP contribution >= 0.6 is 0 Å². The molecule has 1 aromatic carbocycles. The highest BCUT2D eigenvalue weighted by Gasteiger charge is 2.27. The average Bonchev–Trinajstić information content (AvgIpc) is 2.54. The maximum absolute atomic E-state index is 12.4. The van der Waals surface area contributed by atoms with E-state index in [-0.39, 0.29) is 11.7 Å². The van der Waals surface area contributed by atoms with E-state index in [1.54, 1.807) is 11.8 Å². The Hall–Kier alpha value is -1.40. The predicted molar refractivity (Wildman–Crippen MR) is 82.8 cm³/mol. The summed E-state index contributed by atoms with van der Waals surface area (Å²) in [7, 11) is -3.15. The zero-order valence-corrected chi connectivity index (χ0v) is 13.4. The fourth-order valence-corrected chi connectivity index (χ4v) is 3.50. The van der Waals surface area contributed by atoms with Crippen molar-refractivity contribution < 1.29 is 13.2 Å². The number of carbonyl (C=O) groups is 1. The van der Waals surface area contributed by atoms with Crippen LogP contribution in [-0.2, 0) is 16.4 Å². The zero-order chi connectivity index (χ0) is 15.5. The van der Waals surface area contributed by atoms with Crippen molar-refractivity contribution >= 4 is 15.9 Å². The van der Waals surface area contributed by atoms with Crippen LogP contribution in [0.3, 0.4) is 0 Å². The molecule has 1 heterocycles. The average molecular weight is 310 g/mol. The van der Waals surface area contributed by atoms with E-state index in [2.05, 4.69) is 6.92 Å². The molecule has 0 radical (unpaired) electrons. The summed E-state index contributed by atoms with van der Waals surface area (Å²) in [4.78, 5) is 14.1. The van der Waals surface area contributed by atoms with Gasteiger partial charge in [-0.05, 0) is 31.0 Å². The van der Waals surface area contributed by atoms with Gasteiger partial charge in [-0.25, -0.2) is 8.42 Å². The molecule has 0 N–H and O–H groups in total. The fraction of sp³-hybridized carbons (Fsp3) is 0.533. The minimum absolute atomic E-state index is 0.0220. The first kappa shape index (κ1) is 16.0. The number of amides is 1. The molecule has 6 heteroatoms. The number of hydrogen-bond acceptors (Lipinski definition) is 3. The van der Waals surface area contributed by atoms with Gasteiger partial charge in [-0.1, -0.05) is 19.1 Å². The molecule has 0 unspecified atom stereocenters. The molecule has 1 aliphatic heterocycles. The number of carbonyl (C=O) groups excluding carboxylic acids is 1. The number of benzene rings is 1. The molecule has 116 valence electrons. The van der Waals surface area contributed by atoms with E-state index < -0.39 is 10.0 Å². The van der Waals surface area contributed by atoms with E-state index in [4.69, 9.17) is 0 Å². The van der Waals surface area contributed by atoms with Gasteiger partial charge in [0.05, 0.1) is 5.75 Å². The Labute approximate surface area is 126 Å². The van der Waals surface area contributed by atoms with Crippen LogP contribution in [0.2, 0.25) is 0 Å². The van der Waals surface area contributed by atoms with Gasteiger partial charge in [-0.3, -0.25) is 4.79 Å². The second-order valence-corrected chi connectivity index (χ2v) is 7.40. The lowest BCUT2D eigenvalue weighted by molar-refractivity contribution is 0.0698. The van der Waals surface area contributed by atoms with E-state index in [0.717, 1.165) is 6.42 Å². The molecule has 1 aliphatic rings. The monoisotopic (exact) mass is 310 g/mol. The summed E-state index contributed by atoms with van der Waals surface area (Å²) in [6.45, 7) is 5.39. The normalized spacial score (nSPS) is 17.0. The van der Waals surface area contributed by atoms with Gasteiger partial charge in [-0.15, -0.1) is 0 Å². The minimum Gasteiger partial charge on any atom is -0.336 e. The summed E-state index contributed by atoms with van der Waals surface area (Å²) in [5.41, 5.74) is 1.87. The Balaban J connectivity index is 1.99. The van der Waals surface area contributed by atoms with Crippen LogP contribution in [0, 0.1) is 0 Å². The molecule has 21 heavy (non-hydrogen) atoms. The molecule has 5 nitrogen and oxygen atoms in total. The summed E-state index contributed by atoms with van der Waals surface area (Å²) < 4.78 is 25.1. The highest BCUT2D eigenvalue weighted by atomic mass is 32.2. The number of nitrogens with zero attached hydrogens (tertiary/aromatic N) is 2. The van der Waals surface area contributed by atoms with Crippen LogP contribution in [0.4, 0.5) is 0 Å². The Morgan fingerprint density at radius 3 is 2.10 bits per heavy atom. The molecule has 1 amide bonds. The van der Waals surface area contributed by atoms with Gasteiger partial charge < -0.3 is 4.90 Å². The third kappa shape index (κ3) is 3.63. The molecular formula is C15H22N2O3S. The molecule has 0 aliphatic carbocycles. The van der Waals surface area contributed by atoms with Crippen LogP contribution in [0.5, 0.6) is 0 Å². The van der Waals surface area contributed by atoms with Crippen molar-refractivity contribution in [3.05, 3.63) is 35.4 Å². The molecule has 0 atom stereocenters. The van der Waals surface area contributed by atoms with Crippen LogP contribution in [0.25, 0.3) is 0 Å². The SMILES string of the molecule is CCc1ccc(C(=O)N2CCN(S(=O)(=O)CC)CC2)cc1. The largest absolute Gasteiger partial charge is 0.336 e. The molecule has 2 rings (SSSR count). The van der Waals surface area contributed by atoms with Crippen molar-refractivity contribution in [2.45, 2.75) is 20.3 Å². The van der Waals surface area contributed by atoms with Crippen LogP contribution < -0.4 is 0 Å². The smallest absolute Gasteiger partial charge is 0.253 e. The highest BCUT2D eigenvalue weighted by Crippen LogP contribution is 2.13. The number of rotatable bonds is 4. The molecule has 0 saturated carbocycles. The number of sulfonamides is 1. The van der Waals surface area contributed by atoms with Crippen molar-refractivity contribution in [3.8, 4) is 0 Å². The summed E-state index contributed by atoms with van der Waals surface area (Å²) >= 11 is 0. The quantitative estimate of drug-likeness (QED) is 0.843. The van der Waals surface area contributed by atoms with E-state index in [9.17, 15) is 13.2 Å². The highest BCUT2D eigenvalue weighted by molar-refractivity contribution is 7.89. The van der Waals surface area contributed by atoms with Crippen molar-refractivity contribution in [2.24, 2.45) is 0 Å². The summed E-state index contributed by atoms with van der Waals surface area (Å²) in [6.07, 6.45) is 0.946. The molecule has 1 saturated heterocycles. The molecular weight excluding hydrogens is 288 g/mol. The summed E-state index contributed by atoms with van der Waals surface area (Å²) in [5.74, 6) is 0.0885. The van der Waals surface area contributed by atoms with Crippen molar-refractivity contribution in [1.82, 2.24) is 9.21 Å². The van der Waals surface area contributed by atoms with Gasteiger partial charge >= 0.3 is 0 Å². The lowest BCUT2D eigenvalue weighted by Gasteiger charge is -2.33. The van der Waals surface area contributed by atoms with Crippen molar-refractivity contribution in [3.63, 3.8) is 0 Å². The van der Waals surface area contributed by atoms with Gasteiger partial charge in [0, 0.05) is 31.7 Å². The molecule has 0 bridgehead atoms. The second kappa shape index (κ2) is 6.58. The second-order valence-electron chi connectivity index (χ2n) is 5.14. The first-order chi connectivity index (χ1) is 9.97. The van der Waals surface area contributed by atoms with Gasteiger partial charge in [0.15, 0.2) is 0 Å². The van der Waals surface area contributed by atoms with Gasteiger partial charge in [0.2, 0.25) is 10.0 Å². The number of piperazine rings is 1. The van der Waals surface area contributed by atoms with Gasteiger partial charge in [0.1, 0.15) is 0 Å². The first-order valence-electron chi connectivity index (χ1n) is 7.34. The van der Waals surface area contributed by atoms with Crippen LogP contribution in [0.1, 0.15) is 29.8 Å². The maximum Gasteiger partial charge on any atom is 0.253 e. The summed E-state index contributed by atoms with van der Waals surface area (Å²) in [5, 5.41) is 0. The fourth-order valence-electron chi connectivity index (χ4n) is 2.42. The van der Waals surface area contributed by atoms with E-state index in [1.807, 2.05) is 24.3 Å². The van der Waals surface area contributed by atoms with E-state index >= 15 is 0 Å². The van der Waals surface area contributed by atoms with E-state index in [0.29, 0.717) is 31.7 Å². The Morgan fingerprint density at radius 1 is 1.05 bits per heavy atom. The Bertz CT molecular complexity index is 588. The molecule has 1 aromatic rings. The third-order valence-corrected chi connectivity index (χ3v) is 5.77. The van der Waals surface area contributed by atoms with Crippen molar-refractivity contribution in [2.75, 3.05) is 31.9 Å². The minimum atomic E-state index is -3.15. The van der Waals surface area contributed by atoms with Crippen LogP contribution in [0.15, 0.2) is 24.3 Å². The summed E-state index contributed by atoms with van der Waals surface area (Å²) in [6, 6.07) is 7.61. The maximum atomic E-state index is 12.4. The Morgan fingerprint density at radius 2 is 1.62 bits per heavy atom. The molecule has 0 aromatic heterocycles. The van der Waals surface area contributed by atoms with Gasteiger partial charge in [-0.2, -0.15) is 4.31 Å². The lowest BCUT2D eigenvalue weighted by atomic mass is 10.1. The first-order valence-corrected chi connectivity index (χ1v) is 8.95. The third-order valence-electron chi connectivity index (χ3n) is 3.89. The zero-order valence-electron chi connectivity index (χ0n) is 12.6. The standard InChI is InChI=1S/C15H22N2O3S/c1-3-13-5-7-14(8-6-13)15(18)16-9-11-17(12-10-16)21(19,20)4-2/h5-8H,3-4,9-12H2,1-2H3. The van der Waals surface area contributed by atoms with E-state index in [1.165, 1.54) is 9.87 Å².